The minimum atomic E-state index is -0.388. The van der Waals surface area contributed by atoms with Crippen molar-refractivity contribution in [3.05, 3.63) is 140 Å². The number of halogens is 1. The van der Waals surface area contributed by atoms with Crippen molar-refractivity contribution in [1.82, 2.24) is 14.9 Å². The summed E-state index contributed by atoms with van der Waals surface area (Å²) in [5, 5.41) is 15.2. The van der Waals surface area contributed by atoms with Gasteiger partial charge in [0.05, 0.1) is 22.7 Å². The molecule has 0 bridgehead atoms. The van der Waals surface area contributed by atoms with Crippen molar-refractivity contribution in [1.29, 1.82) is 0 Å². The fourth-order valence-corrected chi connectivity index (χ4v) is 7.04. The summed E-state index contributed by atoms with van der Waals surface area (Å²) in [5.74, 6) is 0. The fourth-order valence-electron chi connectivity index (χ4n) is 5.50. The van der Waals surface area contributed by atoms with Crippen LogP contribution in [0.3, 0.4) is 0 Å². The van der Waals surface area contributed by atoms with Gasteiger partial charge >= 0.3 is 0 Å². The minimum absolute atomic E-state index is 0.0810. The van der Waals surface area contributed by atoms with E-state index in [1.54, 1.807) is 23.9 Å². The lowest BCUT2D eigenvalue weighted by Crippen LogP contribution is -2.29. The van der Waals surface area contributed by atoms with E-state index in [2.05, 4.69) is 87.0 Å². The van der Waals surface area contributed by atoms with Crippen molar-refractivity contribution < 1.29 is 4.92 Å². The number of hydrogen-bond acceptors (Lipinski definition) is 5. The van der Waals surface area contributed by atoms with E-state index in [1.165, 1.54) is 17.7 Å². The van der Waals surface area contributed by atoms with Gasteiger partial charge in [-0.25, -0.2) is 0 Å². The van der Waals surface area contributed by atoms with Gasteiger partial charge in [0, 0.05) is 55.4 Å². The molecule has 2 aromatic heterocycles. The van der Waals surface area contributed by atoms with E-state index in [0.717, 1.165) is 42.7 Å². The highest BCUT2D eigenvalue weighted by molar-refractivity contribution is 9.10. The number of rotatable bonds is 7. The lowest BCUT2D eigenvalue weighted by atomic mass is 9.96. The van der Waals surface area contributed by atoms with Crippen LogP contribution < -0.4 is 10.2 Å². The number of pyridine rings is 1. The molecule has 1 aliphatic heterocycles. The number of nitro benzene ring substituents is 1. The van der Waals surface area contributed by atoms with Gasteiger partial charge in [-0.1, -0.05) is 39.8 Å². The van der Waals surface area contributed by atoms with Gasteiger partial charge in [0.25, 0.3) is 5.69 Å². The molecule has 6 rings (SSSR count). The molecule has 0 amide bonds. The summed E-state index contributed by atoms with van der Waals surface area (Å²) in [6.45, 7) is 4.28. The lowest BCUT2D eigenvalue weighted by Gasteiger charge is -2.28. The average molecular weight is 657 g/mol. The number of anilines is 1. The zero-order valence-electron chi connectivity index (χ0n) is 22.8. The molecule has 0 saturated carbocycles. The van der Waals surface area contributed by atoms with E-state index in [0.29, 0.717) is 5.11 Å². The molecule has 10 heteroatoms. The second-order valence-electron chi connectivity index (χ2n) is 9.99. The normalized spacial score (nSPS) is 16.5. The van der Waals surface area contributed by atoms with Crippen molar-refractivity contribution in [2.24, 2.45) is 0 Å². The third-order valence-electron chi connectivity index (χ3n) is 7.35. The number of nitro groups is 1. The van der Waals surface area contributed by atoms with Crippen LogP contribution in [-0.4, -0.2) is 19.6 Å². The van der Waals surface area contributed by atoms with E-state index in [-0.39, 0.29) is 22.7 Å². The molecule has 0 spiro atoms. The summed E-state index contributed by atoms with van der Waals surface area (Å²) >= 11 is 11.1. The Balaban J connectivity index is 1.37. The Hall–Kier alpha value is -3.99. The third-order valence-corrected chi connectivity index (χ3v) is 9.18. The molecule has 3 aromatic carbocycles. The van der Waals surface area contributed by atoms with Gasteiger partial charge in [-0.3, -0.25) is 15.1 Å². The highest BCUT2D eigenvalue weighted by Crippen LogP contribution is 2.44. The topological polar surface area (TPSA) is 76.2 Å². The summed E-state index contributed by atoms with van der Waals surface area (Å²) in [5.41, 5.74) is 6.50. The molecule has 3 heterocycles. The number of nitrogens with zero attached hydrogens (tertiary/aromatic N) is 4. The second kappa shape index (κ2) is 11.7. The first-order valence-corrected chi connectivity index (χ1v) is 15.3. The fraction of sp³-hybridized carbons (Fsp3) is 0.125. The van der Waals surface area contributed by atoms with Crippen molar-refractivity contribution in [2.75, 3.05) is 4.90 Å². The van der Waals surface area contributed by atoms with Crippen molar-refractivity contribution in [2.45, 2.75) is 35.7 Å². The first-order valence-electron chi connectivity index (χ1n) is 13.3. The first-order chi connectivity index (χ1) is 20.3. The molecule has 1 saturated heterocycles. The van der Waals surface area contributed by atoms with Gasteiger partial charge in [-0.2, -0.15) is 0 Å². The summed E-state index contributed by atoms with van der Waals surface area (Å²) in [4.78, 5) is 19.4. The van der Waals surface area contributed by atoms with Gasteiger partial charge < -0.3 is 14.8 Å². The van der Waals surface area contributed by atoms with Crippen LogP contribution in [0.4, 0.5) is 11.4 Å². The molecule has 210 valence electrons. The van der Waals surface area contributed by atoms with E-state index in [9.17, 15) is 10.1 Å². The number of thiocarbonyl (C=S) groups is 1. The maximum atomic E-state index is 11.0. The lowest BCUT2D eigenvalue weighted by molar-refractivity contribution is -0.384. The molecule has 0 aliphatic carbocycles. The van der Waals surface area contributed by atoms with Crippen LogP contribution in [0.5, 0.6) is 0 Å². The van der Waals surface area contributed by atoms with Crippen LogP contribution in [0.1, 0.15) is 34.7 Å². The summed E-state index contributed by atoms with van der Waals surface area (Å²) < 4.78 is 3.30. The molecule has 42 heavy (non-hydrogen) atoms. The SMILES string of the molecule is Cc1cc([C@@H]2[C@H](c3ccccn3)NC(=S)N2c2ccc(Sc3ccc([N+](=O)[O-])cc3)cc2)c(C)n1-c1cccc(Br)c1. The van der Waals surface area contributed by atoms with Gasteiger partial charge in [0.1, 0.15) is 0 Å². The van der Waals surface area contributed by atoms with Crippen LogP contribution in [0.2, 0.25) is 0 Å². The number of benzene rings is 3. The molecule has 1 aliphatic rings. The standard InChI is InChI=1S/C32H26BrN5O2S2/c1-20-18-28(21(2)36(20)25-7-5-6-22(33)19-25)31-30(29-8-3-4-17-34-29)35-32(41)37(31)23-9-13-26(14-10-23)42-27-15-11-24(12-16-27)38(39)40/h3-19,30-31H,1-2H3,(H,35,41)/t30-,31+/m0/s1. The summed E-state index contributed by atoms with van der Waals surface area (Å²) in [6.07, 6.45) is 1.81. The Bertz CT molecular complexity index is 1780. The van der Waals surface area contributed by atoms with Crippen LogP contribution in [-0.2, 0) is 0 Å². The highest BCUT2D eigenvalue weighted by Gasteiger charge is 2.42. The van der Waals surface area contributed by atoms with Crippen LogP contribution in [0.15, 0.2) is 118 Å². The average Bonchev–Trinajstić information content (AvgIpc) is 3.48. The van der Waals surface area contributed by atoms with Crippen molar-refractivity contribution in [3.8, 4) is 5.69 Å². The molecule has 1 N–H and O–H groups in total. The molecule has 7 nitrogen and oxygen atoms in total. The van der Waals surface area contributed by atoms with Gasteiger partial charge in [0.15, 0.2) is 5.11 Å². The molecular formula is C32H26BrN5O2S2. The van der Waals surface area contributed by atoms with Gasteiger partial charge in [-0.15, -0.1) is 0 Å². The Morgan fingerprint density at radius 1 is 0.929 bits per heavy atom. The number of non-ortho nitro benzene ring substituents is 1. The van der Waals surface area contributed by atoms with Crippen LogP contribution in [0, 0.1) is 24.0 Å². The van der Waals surface area contributed by atoms with E-state index in [1.807, 2.05) is 36.5 Å². The zero-order valence-corrected chi connectivity index (χ0v) is 26.0. The molecule has 2 atom stereocenters. The van der Waals surface area contributed by atoms with Crippen molar-refractivity contribution in [3.63, 3.8) is 0 Å². The second-order valence-corrected chi connectivity index (χ2v) is 12.4. The van der Waals surface area contributed by atoms with Crippen LogP contribution >= 0.6 is 39.9 Å². The maximum Gasteiger partial charge on any atom is 0.269 e. The van der Waals surface area contributed by atoms with Gasteiger partial charge in [-0.05, 0) is 104 Å². The van der Waals surface area contributed by atoms with Crippen molar-refractivity contribution >= 4 is 56.4 Å². The van der Waals surface area contributed by atoms with E-state index >= 15 is 0 Å². The Labute approximate surface area is 261 Å². The molecule has 0 unspecified atom stereocenters. The quantitative estimate of drug-likeness (QED) is 0.107. The predicted molar refractivity (Wildman–Crippen MR) is 175 cm³/mol. The predicted octanol–water partition coefficient (Wildman–Crippen LogP) is 8.49. The third kappa shape index (κ3) is 5.45. The largest absolute Gasteiger partial charge is 0.351 e. The van der Waals surface area contributed by atoms with Crippen LogP contribution in [0.25, 0.3) is 5.69 Å². The summed E-state index contributed by atoms with van der Waals surface area (Å²) in [7, 11) is 0. The molecular weight excluding hydrogens is 630 g/mol. The number of aryl methyl sites for hydroxylation is 1. The number of nitrogens with one attached hydrogen (secondary N) is 1. The summed E-state index contributed by atoms with van der Waals surface area (Å²) in [6, 6.07) is 31.1. The van der Waals surface area contributed by atoms with Gasteiger partial charge in [0.2, 0.25) is 0 Å². The molecule has 0 radical (unpaired) electrons. The van der Waals surface area contributed by atoms with E-state index in [4.69, 9.17) is 17.2 Å². The number of aromatic nitrogens is 2. The smallest absolute Gasteiger partial charge is 0.269 e. The van der Waals surface area contributed by atoms with E-state index < -0.39 is 0 Å². The molecule has 1 fully saturated rings. The minimum Gasteiger partial charge on any atom is -0.351 e. The number of hydrogen-bond donors (Lipinski definition) is 1. The highest BCUT2D eigenvalue weighted by atomic mass is 79.9. The Morgan fingerprint density at radius 3 is 2.29 bits per heavy atom. The maximum absolute atomic E-state index is 11.0. The first kappa shape index (κ1) is 28.1. The Morgan fingerprint density at radius 2 is 1.64 bits per heavy atom. The monoisotopic (exact) mass is 655 g/mol. The zero-order chi connectivity index (χ0) is 29.4. The molecule has 5 aromatic rings. The Kier molecular flexibility index (Phi) is 7.85.